The van der Waals surface area contributed by atoms with Gasteiger partial charge >= 0.3 is 12.0 Å². The molecule has 1 aromatic heterocycles. The summed E-state index contributed by atoms with van der Waals surface area (Å²) in [6, 6.07) is 7.03. The number of carboxylic acid groups (broad SMARTS) is 1. The monoisotopic (exact) mass is 425 g/mol. The minimum absolute atomic E-state index is 0.0387. The predicted octanol–water partition coefficient (Wildman–Crippen LogP) is 5.20. The van der Waals surface area contributed by atoms with Gasteiger partial charge in [0.1, 0.15) is 0 Å². The molecule has 9 heteroatoms. The molecule has 1 aromatic carbocycles. The number of aliphatic carboxylic acids is 1. The number of benzene rings is 1. The van der Waals surface area contributed by atoms with Crippen molar-refractivity contribution in [1.82, 2.24) is 4.98 Å². The van der Waals surface area contributed by atoms with E-state index in [1.54, 1.807) is 17.2 Å². The lowest BCUT2D eigenvalue weighted by atomic mass is 10.1. The van der Waals surface area contributed by atoms with Crippen molar-refractivity contribution in [2.45, 2.75) is 29.9 Å². The number of carbonyl (C=O) groups excluding carboxylic acids is 1. The van der Waals surface area contributed by atoms with E-state index < -0.39 is 5.97 Å². The highest BCUT2D eigenvalue weighted by molar-refractivity contribution is 8.01. The van der Waals surface area contributed by atoms with Crippen molar-refractivity contribution in [2.75, 3.05) is 22.5 Å². The molecule has 1 aliphatic carbocycles. The van der Waals surface area contributed by atoms with Gasteiger partial charge in [-0.15, -0.1) is 11.8 Å². The van der Waals surface area contributed by atoms with Gasteiger partial charge in [0.05, 0.1) is 26.9 Å². The van der Waals surface area contributed by atoms with Gasteiger partial charge in [-0.2, -0.15) is 0 Å². The molecule has 2 N–H and O–H groups in total. The van der Waals surface area contributed by atoms with Crippen molar-refractivity contribution in [3.05, 3.63) is 35.5 Å². The molecule has 1 fully saturated rings. The van der Waals surface area contributed by atoms with Crippen LogP contribution < -0.4 is 10.2 Å². The molecule has 144 valence electrons. The number of rotatable bonds is 7. The lowest BCUT2D eigenvalue weighted by molar-refractivity contribution is -0.133. The van der Waals surface area contributed by atoms with Crippen LogP contribution in [0.2, 0.25) is 5.02 Å². The van der Waals surface area contributed by atoms with E-state index in [-0.39, 0.29) is 11.8 Å². The molecule has 2 amide bonds. The lowest BCUT2D eigenvalue weighted by Crippen LogP contribution is -2.38. The molecule has 1 heterocycles. The minimum atomic E-state index is -0.888. The Bertz CT molecular complexity index is 809. The second kappa shape index (κ2) is 9.43. The average molecular weight is 426 g/mol. The fraction of sp³-hybridized carbons (Fsp3) is 0.389. The van der Waals surface area contributed by atoms with Crippen LogP contribution in [0.15, 0.2) is 34.7 Å². The first kappa shape index (κ1) is 20.0. The smallest absolute Gasteiger partial charge is 0.328 e. The summed E-state index contributed by atoms with van der Waals surface area (Å²) >= 11 is 8.77. The third-order valence-electron chi connectivity index (χ3n) is 4.34. The van der Waals surface area contributed by atoms with Crippen LogP contribution in [0.5, 0.6) is 0 Å². The molecule has 3 rings (SSSR count). The number of anilines is 2. The van der Waals surface area contributed by atoms with E-state index in [1.807, 2.05) is 18.2 Å². The van der Waals surface area contributed by atoms with Gasteiger partial charge in [-0.05, 0) is 30.9 Å². The summed E-state index contributed by atoms with van der Waals surface area (Å²) in [5, 5.41) is 12.6. The number of nitrogens with zero attached hydrogens (tertiary/aromatic N) is 2. The molecule has 1 aliphatic rings. The van der Waals surface area contributed by atoms with Crippen molar-refractivity contribution in [1.29, 1.82) is 0 Å². The lowest BCUT2D eigenvalue weighted by Gasteiger charge is -2.26. The summed E-state index contributed by atoms with van der Waals surface area (Å²) in [6.45, 7) is 0.613. The van der Waals surface area contributed by atoms with Gasteiger partial charge in [-0.1, -0.05) is 47.9 Å². The van der Waals surface area contributed by atoms with Crippen LogP contribution in [0.25, 0.3) is 0 Å². The zero-order valence-electron chi connectivity index (χ0n) is 14.6. The summed E-state index contributed by atoms with van der Waals surface area (Å²) in [4.78, 5) is 29.5. The first-order valence-electron chi connectivity index (χ1n) is 8.66. The molecular weight excluding hydrogens is 406 g/mol. The first-order valence-corrected chi connectivity index (χ1v) is 10.8. The quantitative estimate of drug-likeness (QED) is 0.595. The number of hydrogen-bond acceptors (Lipinski definition) is 5. The van der Waals surface area contributed by atoms with Crippen LogP contribution in [0.4, 0.5) is 15.6 Å². The zero-order valence-corrected chi connectivity index (χ0v) is 16.9. The fourth-order valence-electron chi connectivity index (χ4n) is 3.09. The highest BCUT2D eigenvalue weighted by Crippen LogP contribution is 2.32. The number of carbonyl (C=O) groups is 2. The Labute approximate surface area is 170 Å². The van der Waals surface area contributed by atoms with E-state index in [0.29, 0.717) is 28.3 Å². The summed E-state index contributed by atoms with van der Waals surface area (Å²) in [5.41, 5.74) is 0.681. The van der Waals surface area contributed by atoms with Gasteiger partial charge in [0.25, 0.3) is 0 Å². The van der Waals surface area contributed by atoms with E-state index in [0.717, 1.165) is 17.1 Å². The maximum atomic E-state index is 13.0. The standard InChI is InChI=1S/C18H20ClN3O3S2/c19-13-7-3-4-8-14(13)22(10-12-5-1-2-6-12)18(25)21-17-20-9-16(27-17)26-11-15(23)24/h3-4,7-9,12H,1-2,5-6,10-11H2,(H,23,24)(H,20,21,25). The molecule has 0 aliphatic heterocycles. The van der Waals surface area contributed by atoms with Crippen LogP contribution in [0.3, 0.4) is 0 Å². The molecule has 0 radical (unpaired) electrons. The molecule has 0 unspecified atom stereocenters. The topological polar surface area (TPSA) is 82.5 Å². The Morgan fingerprint density at radius 2 is 2.07 bits per heavy atom. The van der Waals surface area contributed by atoms with Crippen LogP contribution in [-0.4, -0.2) is 34.4 Å². The Hall–Kier alpha value is -1.77. The second-order valence-corrected chi connectivity index (χ2v) is 9.02. The van der Waals surface area contributed by atoms with Crippen molar-refractivity contribution in [3.63, 3.8) is 0 Å². The molecule has 0 atom stereocenters. The summed E-state index contributed by atoms with van der Waals surface area (Å²) < 4.78 is 0.743. The minimum Gasteiger partial charge on any atom is -0.481 e. The summed E-state index contributed by atoms with van der Waals surface area (Å²) in [6.07, 6.45) is 6.19. The maximum Gasteiger partial charge on any atom is 0.328 e. The maximum absolute atomic E-state index is 13.0. The van der Waals surface area contributed by atoms with Gasteiger partial charge in [-0.3, -0.25) is 15.0 Å². The number of hydrogen-bond donors (Lipinski definition) is 2. The number of aromatic nitrogens is 1. The molecule has 0 spiro atoms. The van der Waals surface area contributed by atoms with Crippen LogP contribution in [0, 0.1) is 5.92 Å². The van der Waals surface area contributed by atoms with Gasteiger partial charge in [-0.25, -0.2) is 9.78 Å². The number of thioether (sulfide) groups is 1. The highest BCUT2D eigenvalue weighted by Gasteiger charge is 2.25. The van der Waals surface area contributed by atoms with Crippen molar-refractivity contribution in [2.24, 2.45) is 5.92 Å². The zero-order chi connectivity index (χ0) is 19.2. The number of halogens is 1. The van der Waals surface area contributed by atoms with E-state index in [9.17, 15) is 9.59 Å². The number of carboxylic acids is 1. The third kappa shape index (κ3) is 5.60. The Morgan fingerprint density at radius 3 is 2.78 bits per heavy atom. The fourth-order valence-corrected chi connectivity index (χ4v) is 4.91. The second-order valence-electron chi connectivity index (χ2n) is 6.31. The first-order chi connectivity index (χ1) is 13.0. The highest BCUT2D eigenvalue weighted by atomic mass is 35.5. The van der Waals surface area contributed by atoms with Gasteiger partial charge in [0.15, 0.2) is 5.13 Å². The number of amides is 2. The Morgan fingerprint density at radius 1 is 1.33 bits per heavy atom. The molecule has 27 heavy (non-hydrogen) atoms. The van der Waals surface area contributed by atoms with Crippen molar-refractivity contribution >= 4 is 57.5 Å². The van der Waals surface area contributed by atoms with E-state index in [2.05, 4.69) is 10.3 Å². The number of thiazole rings is 1. The van der Waals surface area contributed by atoms with Gasteiger partial charge < -0.3 is 5.11 Å². The molecule has 0 bridgehead atoms. The van der Waals surface area contributed by atoms with E-state index in [4.69, 9.17) is 16.7 Å². The third-order valence-corrected chi connectivity index (χ3v) is 6.75. The van der Waals surface area contributed by atoms with E-state index >= 15 is 0 Å². The molecule has 1 saturated carbocycles. The van der Waals surface area contributed by atoms with Crippen molar-refractivity contribution in [3.8, 4) is 0 Å². The summed E-state index contributed by atoms with van der Waals surface area (Å²) in [5.74, 6) is -0.464. The number of para-hydroxylation sites is 1. The molecule has 0 saturated heterocycles. The SMILES string of the molecule is O=C(O)CSc1cnc(NC(=O)N(CC2CCCC2)c2ccccc2Cl)s1. The predicted molar refractivity (Wildman–Crippen MR) is 110 cm³/mol. The molecular formula is C18H20ClN3O3S2. The van der Waals surface area contributed by atoms with Crippen LogP contribution in [-0.2, 0) is 4.79 Å². The number of urea groups is 1. The van der Waals surface area contributed by atoms with Gasteiger partial charge in [0.2, 0.25) is 0 Å². The Balaban J connectivity index is 1.72. The van der Waals surface area contributed by atoms with Crippen LogP contribution in [0.1, 0.15) is 25.7 Å². The Kier molecular flexibility index (Phi) is 6.98. The summed E-state index contributed by atoms with van der Waals surface area (Å²) in [7, 11) is 0. The van der Waals surface area contributed by atoms with Gasteiger partial charge in [0, 0.05) is 6.54 Å². The normalized spacial score (nSPS) is 14.3. The van der Waals surface area contributed by atoms with E-state index in [1.165, 1.54) is 35.9 Å². The van der Waals surface area contributed by atoms with Crippen molar-refractivity contribution < 1.29 is 14.7 Å². The van der Waals surface area contributed by atoms with Crippen LogP contribution >= 0.6 is 34.7 Å². The largest absolute Gasteiger partial charge is 0.481 e. The molecule has 6 nitrogen and oxygen atoms in total. The number of nitrogens with one attached hydrogen (secondary N) is 1. The molecule has 2 aromatic rings. The average Bonchev–Trinajstić information content (AvgIpc) is 3.30.